The Kier molecular flexibility index (Phi) is 4.15. The molecule has 1 atom stereocenters. The van der Waals surface area contributed by atoms with E-state index >= 15 is 0 Å². The van der Waals surface area contributed by atoms with Gasteiger partial charge in [0.2, 0.25) is 0 Å². The van der Waals surface area contributed by atoms with Crippen molar-refractivity contribution in [2.75, 3.05) is 18.0 Å². The number of rotatable bonds is 4. The largest absolute Gasteiger partial charge is 0.372 e. The third kappa shape index (κ3) is 3.05. The smallest absolute Gasteiger partial charge is 0.188 e. The summed E-state index contributed by atoms with van der Waals surface area (Å²) in [6, 6.07) is 9.04. The topological polar surface area (TPSA) is 58.9 Å². The first-order chi connectivity index (χ1) is 10.3. The summed E-state index contributed by atoms with van der Waals surface area (Å²) in [6.45, 7) is 5.04. The maximum absolute atomic E-state index is 4.23. The van der Waals surface area contributed by atoms with Gasteiger partial charge in [-0.3, -0.25) is 0 Å². The van der Waals surface area contributed by atoms with Gasteiger partial charge in [0.05, 0.1) is 13.6 Å². The third-order valence-electron chi connectivity index (χ3n) is 4.01. The number of aryl methyl sites for hydroxylation is 1. The van der Waals surface area contributed by atoms with Crippen molar-refractivity contribution >= 4 is 5.69 Å². The molecule has 1 N–H and O–H groups in total. The highest BCUT2D eigenvalue weighted by Crippen LogP contribution is 2.32. The Hall–Kier alpha value is -1.95. The Morgan fingerprint density at radius 2 is 2.19 bits per heavy atom. The Balaban J connectivity index is 1.78. The number of aromatic nitrogens is 4. The highest BCUT2D eigenvalue weighted by molar-refractivity contribution is 5.55. The van der Waals surface area contributed by atoms with Crippen LogP contribution < -0.4 is 10.2 Å². The van der Waals surface area contributed by atoms with Crippen molar-refractivity contribution in [1.29, 1.82) is 0 Å². The molecule has 0 fully saturated rings. The predicted octanol–water partition coefficient (Wildman–Crippen LogP) is 1.66. The molecule has 6 heteroatoms. The molecule has 6 nitrogen and oxygen atoms in total. The Morgan fingerprint density at radius 1 is 1.33 bits per heavy atom. The number of benzene rings is 1. The molecule has 0 saturated carbocycles. The average Bonchev–Trinajstić information content (AvgIpc) is 2.83. The molecule has 0 saturated heterocycles. The van der Waals surface area contributed by atoms with Crippen LogP contribution in [0.5, 0.6) is 0 Å². The van der Waals surface area contributed by atoms with Crippen LogP contribution in [0.1, 0.15) is 37.2 Å². The van der Waals surface area contributed by atoms with Crippen molar-refractivity contribution in [3.8, 4) is 0 Å². The van der Waals surface area contributed by atoms with Gasteiger partial charge in [-0.05, 0) is 36.6 Å². The standard InChI is InChI=1S/C15H22N6/c1-3-21-10-6-8-13(12-7-4-5-9-14(12)21)16-11-15-17-19-20(2)18-15/h4-5,7,9,13,16H,3,6,8,10-11H2,1-2H3. The molecule has 1 aromatic heterocycles. The zero-order chi connectivity index (χ0) is 14.7. The van der Waals surface area contributed by atoms with Gasteiger partial charge in [-0.2, -0.15) is 4.80 Å². The van der Waals surface area contributed by atoms with E-state index < -0.39 is 0 Å². The van der Waals surface area contributed by atoms with Gasteiger partial charge in [0.25, 0.3) is 0 Å². The van der Waals surface area contributed by atoms with Crippen LogP contribution in [0.15, 0.2) is 24.3 Å². The fraction of sp³-hybridized carbons (Fsp3) is 0.533. The van der Waals surface area contributed by atoms with Crippen LogP contribution in [0.4, 0.5) is 5.69 Å². The summed E-state index contributed by atoms with van der Waals surface area (Å²) in [6.07, 6.45) is 2.32. The number of para-hydroxylation sites is 1. The minimum Gasteiger partial charge on any atom is -0.372 e. The normalized spacial score (nSPS) is 18.4. The minimum absolute atomic E-state index is 0.349. The van der Waals surface area contributed by atoms with E-state index in [1.165, 1.54) is 22.5 Å². The van der Waals surface area contributed by atoms with E-state index in [4.69, 9.17) is 0 Å². The fourth-order valence-electron chi connectivity index (χ4n) is 2.98. The molecule has 1 aliphatic rings. The van der Waals surface area contributed by atoms with E-state index in [0.717, 1.165) is 25.3 Å². The summed E-state index contributed by atoms with van der Waals surface area (Å²) in [7, 11) is 1.79. The number of anilines is 1. The van der Waals surface area contributed by atoms with Crippen molar-refractivity contribution in [2.24, 2.45) is 7.05 Å². The van der Waals surface area contributed by atoms with Crippen molar-refractivity contribution < 1.29 is 0 Å². The van der Waals surface area contributed by atoms with Crippen LogP contribution in [-0.4, -0.2) is 33.3 Å². The quantitative estimate of drug-likeness (QED) is 0.926. The Morgan fingerprint density at radius 3 is 2.95 bits per heavy atom. The third-order valence-corrected chi connectivity index (χ3v) is 4.01. The molecule has 0 spiro atoms. The number of hydrogen-bond acceptors (Lipinski definition) is 5. The number of nitrogens with zero attached hydrogens (tertiary/aromatic N) is 5. The van der Waals surface area contributed by atoms with E-state index in [9.17, 15) is 0 Å². The lowest BCUT2D eigenvalue weighted by atomic mass is 10.0. The van der Waals surface area contributed by atoms with Crippen LogP contribution in [-0.2, 0) is 13.6 Å². The number of fused-ring (bicyclic) bond motifs is 1. The summed E-state index contributed by atoms with van der Waals surface area (Å²) in [4.78, 5) is 3.95. The molecule has 21 heavy (non-hydrogen) atoms. The molecule has 0 radical (unpaired) electrons. The van der Waals surface area contributed by atoms with Gasteiger partial charge in [-0.25, -0.2) is 0 Å². The minimum atomic E-state index is 0.349. The first kappa shape index (κ1) is 14.0. The maximum Gasteiger partial charge on any atom is 0.188 e. The van der Waals surface area contributed by atoms with Crippen LogP contribution in [0, 0.1) is 0 Å². The average molecular weight is 286 g/mol. The SMILES string of the molecule is CCN1CCCC(NCc2nnn(C)n2)c2ccccc21. The molecular formula is C15H22N6. The van der Waals surface area contributed by atoms with E-state index in [-0.39, 0.29) is 0 Å². The molecule has 0 amide bonds. The second kappa shape index (κ2) is 6.22. The van der Waals surface area contributed by atoms with E-state index in [1.807, 2.05) is 0 Å². The summed E-state index contributed by atoms with van der Waals surface area (Å²) in [5.41, 5.74) is 2.72. The van der Waals surface area contributed by atoms with Crippen molar-refractivity contribution in [2.45, 2.75) is 32.4 Å². The Bertz CT molecular complexity index is 593. The van der Waals surface area contributed by atoms with Crippen molar-refractivity contribution in [3.63, 3.8) is 0 Å². The van der Waals surface area contributed by atoms with Gasteiger partial charge >= 0.3 is 0 Å². The van der Waals surface area contributed by atoms with Crippen molar-refractivity contribution in [3.05, 3.63) is 35.7 Å². The van der Waals surface area contributed by atoms with Gasteiger partial charge in [0.15, 0.2) is 5.82 Å². The summed E-state index contributed by atoms with van der Waals surface area (Å²) in [5.74, 6) is 0.742. The lowest BCUT2D eigenvalue weighted by Gasteiger charge is -2.24. The monoisotopic (exact) mass is 286 g/mol. The first-order valence-corrected chi connectivity index (χ1v) is 7.58. The van der Waals surface area contributed by atoms with Gasteiger partial charge in [0.1, 0.15) is 0 Å². The van der Waals surface area contributed by atoms with Crippen LogP contribution in [0.25, 0.3) is 0 Å². The van der Waals surface area contributed by atoms with Gasteiger partial charge in [-0.1, -0.05) is 18.2 Å². The zero-order valence-corrected chi connectivity index (χ0v) is 12.7. The highest BCUT2D eigenvalue weighted by atomic mass is 15.6. The van der Waals surface area contributed by atoms with Crippen LogP contribution >= 0.6 is 0 Å². The lowest BCUT2D eigenvalue weighted by molar-refractivity contribution is 0.486. The second-order valence-electron chi connectivity index (χ2n) is 5.41. The molecule has 3 rings (SSSR count). The second-order valence-corrected chi connectivity index (χ2v) is 5.41. The molecule has 1 aliphatic heterocycles. The van der Waals surface area contributed by atoms with Crippen LogP contribution in [0.3, 0.4) is 0 Å². The number of hydrogen-bond donors (Lipinski definition) is 1. The molecule has 1 aromatic carbocycles. The zero-order valence-electron chi connectivity index (χ0n) is 12.7. The van der Waals surface area contributed by atoms with E-state index in [2.05, 4.69) is 56.8 Å². The van der Waals surface area contributed by atoms with Gasteiger partial charge < -0.3 is 10.2 Å². The number of nitrogens with one attached hydrogen (secondary N) is 1. The highest BCUT2D eigenvalue weighted by Gasteiger charge is 2.21. The molecular weight excluding hydrogens is 264 g/mol. The van der Waals surface area contributed by atoms with E-state index in [0.29, 0.717) is 12.6 Å². The van der Waals surface area contributed by atoms with Gasteiger partial charge in [-0.15, -0.1) is 10.2 Å². The molecule has 0 aliphatic carbocycles. The molecule has 2 heterocycles. The van der Waals surface area contributed by atoms with Crippen LogP contribution in [0.2, 0.25) is 0 Å². The lowest BCUT2D eigenvalue weighted by Crippen LogP contribution is -2.24. The summed E-state index contributed by atoms with van der Waals surface area (Å²) in [5, 5.41) is 15.7. The fourth-order valence-corrected chi connectivity index (χ4v) is 2.98. The Labute approximate surface area is 125 Å². The van der Waals surface area contributed by atoms with E-state index in [1.54, 1.807) is 7.05 Å². The van der Waals surface area contributed by atoms with Crippen molar-refractivity contribution in [1.82, 2.24) is 25.5 Å². The first-order valence-electron chi connectivity index (χ1n) is 7.58. The summed E-state index contributed by atoms with van der Waals surface area (Å²) < 4.78 is 0. The molecule has 2 aromatic rings. The van der Waals surface area contributed by atoms with Gasteiger partial charge in [0, 0.05) is 24.8 Å². The molecule has 112 valence electrons. The number of tetrazole rings is 1. The predicted molar refractivity (Wildman–Crippen MR) is 81.9 cm³/mol. The maximum atomic E-state index is 4.23. The molecule has 1 unspecified atom stereocenters. The summed E-state index contributed by atoms with van der Waals surface area (Å²) >= 11 is 0. The molecule has 0 bridgehead atoms.